The standard InChI is InChI=1S/C28H26Br2N2O6S/c1-6-10-38-20-9-8-17(29)11-16(20)12-23-26(33)32-25(18-13-21(35-4)22(36-5)14-19(18)30)24(27(34)37-7-2)15(3)31-28(32)39-23/h6,8-9,11-14,25H,1,7,10H2,2-5H3/b23-12-/t25-/m1/s1. The van der Waals surface area contributed by atoms with Crippen molar-refractivity contribution in [1.82, 2.24) is 4.57 Å². The maximum absolute atomic E-state index is 14.0. The van der Waals surface area contributed by atoms with Crippen LogP contribution in [-0.4, -0.2) is 38.0 Å². The van der Waals surface area contributed by atoms with Crippen molar-refractivity contribution in [3.63, 3.8) is 0 Å². The Morgan fingerprint density at radius 1 is 1.15 bits per heavy atom. The minimum absolute atomic E-state index is 0.177. The summed E-state index contributed by atoms with van der Waals surface area (Å²) in [4.78, 5) is 32.3. The van der Waals surface area contributed by atoms with Crippen LogP contribution in [0.25, 0.3) is 6.08 Å². The molecule has 1 atom stereocenters. The highest BCUT2D eigenvalue weighted by Crippen LogP contribution is 2.40. The van der Waals surface area contributed by atoms with Gasteiger partial charge >= 0.3 is 5.97 Å². The van der Waals surface area contributed by atoms with Gasteiger partial charge in [-0.15, -0.1) is 0 Å². The van der Waals surface area contributed by atoms with E-state index in [9.17, 15) is 9.59 Å². The first kappa shape index (κ1) is 28.8. The quantitative estimate of drug-likeness (QED) is 0.237. The van der Waals surface area contributed by atoms with Gasteiger partial charge in [0.25, 0.3) is 5.56 Å². The lowest BCUT2D eigenvalue weighted by Gasteiger charge is -2.26. The molecule has 0 saturated heterocycles. The predicted octanol–water partition coefficient (Wildman–Crippen LogP) is 4.91. The van der Waals surface area contributed by atoms with E-state index in [1.807, 2.05) is 18.2 Å². The van der Waals surface area contributed by atoms with Crippen LogP contribution in [0.15, 0.2) is 73.0 Å². The van der Waals surface area contributed by atoms with Gasteiger partial charge in [-0.3, -0.25) is 9.36 Å². The van der Waals surface area contributed by atoms with Gasteiger partial charge in [0.2, 0.25) is 0 Å². The summed E-state index contributed by atoms with van der Waals surface area (Å²) in [6.45, 7) is 7.67. The average molecular weight is 678 g/mol. The van der Waals surface area contributed by atoms with Crippen molar-refractivity contribution < 1.29 is 23.7 Å². The van der Waals surface area contributed by atoms with Gasteiger partial charge in [0.05, 0.1) is 42.7 Å². The summed E-state index contributed by atoms with van der Waals surface area (Å²) in [5.74, 6) is 1.01. The molecule has 0 fully saturated rings. The number of halogens is 2. The molecule has 2 aromatic carbocycles. The number of carbonyl (C=O) groups excluding carboxylic acids is 1. The number of rotatable bonds is 9. The maximum Gasteiger partial charge on any atom is 0.338 e. The van der Waals surface area contributed by atoms with Crippen molar-refractivity contribution in [1.29, 1.82) is 0 Å². The maximum atomic E-state index is 14.0. The van der Waals surface area contributed by atoms with Crippen LogP contribution in [0.3, 0.4) is 0 Å². The van der Waals surface area contributed by atoms with Gasteiger partial charge < -0.3 is 18.9 Å². The third-order valence-corrected chi connectivity index (χ3v) is 8.09. The van der Waals surface area contributed by atoms with E-state index >= 15 is 0 Å². The Morgan fingerprint density at radius 2 is 1.87 bits per heavy atom. The monoisotopic (exact) mass is 676 g/mol. The molecule has 0 saturated carbocycles. The van der Waals surface area contributed by atoms with Gasteiger partial charge in [-0.2, -0.15) is 0 Å². The Labute approximate surface area is 246 Å². The Kier molecular flexibility index (Phi) is 9.14. The van der Waals surface area contributed by atoms with E-state index in [2.05, 4.69) is 43.4 Å². The molecule has 0 aliphatic carbocycles. The molecule has 39 heavy (non-hydrogen) atoms. The fraction of sp³-hybridized carbons (Fsp3) is 0.250. The third-order valence-electron chi connectivity index (χ3n) is 5.93. The predicted molar refractivity (Wildman–Crippen MR) is 157 cm³/mol. The second-order valence-corrected chi connectivity index (χ2v) is 11.1. The number of esters is 1. The number of benzene rings is 2. The van der Waals surface area contributed by atoms with Crippen LogP contribution in [0.2, 0.25) is 0 Å². The average Bonchev–Trinajstić information content (AvgIpc) is 3.21. The van der Waals surface area contributed by atoms with Crippen LogP contribution in [-0.2, 0) is 9.53 Å². The molecule has 0 amide bonds. The van der Waals surface area contributed by atoms with Gasteiger partial charge in [-0.25, -0.2) is 9.79 Å². The topological polar surface area (TPSA) is 88.3 Å². The number of hydrogen-bond donors (Lipinski definition) is 0. The first-order chi connectivity index (χ1) is 18.7. The molecule has 0 N–H and O–H groups in total. The van der Waals surface area contributed by atoms with E-state index in [-0.39, 0.29) is 17.7 Å². The largest absolute Gasteiger partial charge is 0.493 e. The Bertz CT molecular complexity index is 1660. The zero-order chi connectivity index (χ0) is 28.3. The zero-order valence-electron chi connectivity index (χ0n) is 21.7. The lowest BCUT2D eigenvalue weighted by atomic mass is 9.95. The lowest BCUT2D eigenvalue weighted by Crippen LogP contribution is -2.40. The number of aromatic nitrogens is 1. The van der Waals surface area contributed by atoms with Crippen molar-refractivity contribution in [2.24, 2.45) is 4.99 Å². The van der Waals surface area contributed by atoms with E-state index in [0.717, 1.165) is 4.47 Å². The highest BCUT2D eigenvalue weighted by Gasteiger charge is 2.35. The second kappa shape index (κ2) is 12.4. The Hall–Kier alpha value is -3.15. The lowest BCUT2D eigenvalue weighted by molar-refractivity contribution is -0.139. The number of fused-ring (bicyclic) bond motifs is 1. The SMILES string of the molecule is C=CCOc1ccc(Br)cc1/C=c1\sc2n(c1=O)[C@H](c1cc(OC)c(OC)cc1Br)C(C(=O)OCC)=C(C)N=2. The summed E-state index contributed by atoms with van der Waals surface area (Å²) < 4.78 is 25.6. The second-order valence-electron chi connectivity index (χ2n) is 8.31. The van der Waals surface area contributed by atoms with Crippen LogP contribution in [0.5, 0.6) is 17.2 Å². The van der Waals surface area contributed by atoms with E-state index in [1.165, 1.54) is 30.1 Å². The number of nitrogens with zero attached hydrogens (tertiary/aromatic N) is 2. The van der Waals surface area contributed by atoms with Gasteiger partial charge in [0, 0.05) is 14.5 Å². The highest BCUT2D eigenvalue weighted by molar-refractivity contribution is 9.10. The normalized spacial score (nSPS) is 14.9. The summed E-state index contributed by atoms with van der Waals surface area (Å²) in [6, 6.07) is 8.22. The van der Waals surface area contributed by atoms with Gasteiger partial charge in [-0.05, 0) is 55.8 Å². The molecule has 3 aromatic rings. The number of carbonyl (C=O) groups is 1. The molecule has 204 valence electrons. The molecule has 11 heteroatoms. The van der Waals surface area contributed by atoms with E-state index in [0.29, 0.717) is 54.5 Å². The summed E-state index contributed by atoms with van der Waals surface area (Å²) in [5.41, 5.74) is 1.75. The molecular formula is C28H26Br2N2O6S. The Morgan fingerprint density at radius 3 is 2.54 bits per heavy atom. The van der Waals surface area contributed by atoms with Gasteiger partial charge in [-0.1, -0.05) is 55.9 Å². The molecular weight excluding hydrogens is 652 g/mol. The molecule has 1 aromatic heterocycles. The summed E-state index contributed by atoms with van der Waals surface area (Å²) >= 11 is 8.33. The van der Waals surface area contributed by atoms with Crippen molar-refractivity contribution in [2.45, 2.75) is 19.9 Å². The minimum atomic E-state index is -0.823. The Balaban J connectivity index is 2.00. The number of ether oxygens (including phenoxy) is 4. The summed E-state index contributed by atoms with van der Waals surface area (Å²) in [6.07, 6.45) is 3.41. The molecule has 0 bridgehead atoms. The van der Waals surface area contributed by atoms with Crippen molar-refractivity contribution in [3.05, 3.63) is 94.0 Å². The molecule has 4 rings (SSSR count). The van der Waals surface area contributed by atoms with Crippen molar-refractivity contribution >= 4 is 55.2 Å². The number of methoxy groups -OCH3 is 2. The number of thiazole rings is 1. The van der Waals surface area contributed by atoms with Crippen LogP contribution < -0.4 is 29.1 Å². The van der Waals surface area contributed by atoms with Gasteiger partial charge in [0.15, 0.2) is 16.3 Å². The fourth-order valence-electron chi connectivity index (χ4n) is 4.22. The molecule has 8 nitrogen and oxygen atoms in total. The van der Waals surface area contributed by atoms with Crippen molar-refractivity contribution in [2.75, 3.05) is 27.4 Å². The molecule has 0 unspecified atom stereocenters. The van der Waals surface area contributed by atoms with Crippen LogP contribution in [0.4, 0.5) is 0 Å². The smallest absolute Gasteiger partial charge is 0.338 e. The molecule has 2 heterocycles. The first-order valence-electron chi connectivity index (χ1n) is 11.9. The molecule has 0 radical (unpaired) electrons. The van der Waals surface area contributed by atoms with Gasteiger partial charge in [0.1, 0.15) is 12.4 Å². The van der Waals surface area contributed by atoms with E-state index in [4.69, 9.17) is 18.9 Å². The van der Waals surface area contributed by atoms with E-state index < -0.39 is 12.0 Å². The first-order valence-corrected chi connectivity index (χ1v) is 14.3. The van der Waals surface area contributed by atoms with Crippen LogP contribution in [0.1, 0.15) is 31.0 Å². The fourth-order valence-corrected chi connectivity index (χ4v) is 6.17. The summed E-state index contributed by atoms with van der Waals surface area (Å²) in [7, 11) is 3.06. The summed E-state index contributed by atoms with van der Waals surface area (Å²) in [5, 5.41) is 0. The highest BCUT2D eigenvalue weighted by atomic mass is 79.9. The van der Waals surface area contributed by atoms with Crippen LogP contribution >= 0.6 is 43.2 Å². The zero-order valence-corrected chi connectivity index (χ0v) is 25.7. The molecule has 1 aliphatic heterocycles. The number of allylic oxidation sites excluding steroid dienone is 1. The molecule has 1 aliphatic rings. The third kappa shape index (κ3) is 5.75. The molecule has 0 spiro atoms. The number of hydrogen-bond acceptors (Lipinski definition) is 8. The van der Waals surface area contributed by atoms with E-state index in [1.54, 1.807) is 38.1 Å². The van der Waals surface area contributed by atoms with Crippen molar-refractivity contribution in [3.8, 4) is 17.2 Å². The minimum Gasteiger partial charge on any atom is -0.493 e. The van der Waals surface area contributed by atoms with Crippen LogP contribution in [0, 0.1) is 0 Å².